The fourth-order valence-corrected chi connectivity index (χ4v) is 3.41. The van der Waals surface area contributed by atoms with Crippen LogP contribution in [0.25, 0.3) is 0 Å². The number of methoxy groups -OCH3 is 1. The lowest BCUT2D eigenvalue weighted by atomic mass is 10.1. The van der Waals surface area contributed by atoms with Gasteiger partial charge in [-0.05, 0) is 73.0 Å². The van der Waals surface area contributed by atoms with Gasteiger partial charge in [-0.2, -0.15) is 0 Å². The van der Waals surface area contributed by atoms with Crippen LogP contribution in [-0.2, 0) is 19.6 Å². The minimum Gasteiger partial charge on any atom is -0.497 e. The molecular weight excluding hydrogens is 417 g/mol. The summed E-state index contributed by atoms with van der Waals surface area (Å²) < 4.78 is 29.9. The van der Waals surface area contributed by atoms with Crippen molar-refractivity contribution in [3.8, 4) is 17.2 Å². The SMILES string of the molecule is CCOc1cc(CNCCc2ccc(OC)cc2)cc(Cl)c1OCc1ccc(F)cc1. The molecule has 3 aromatic rings. The second-order valence-electron chi connectivity index (χ2n) is 7.03. The topological polar surface area (TPSA) is 39.7 Å². The highest BCUT2D eigenvalue weighted by molar-refractivity contribution is 6.32. The molecule has 0 fully saturated rings. The van der Waals surface area contributed by atoms with Crippen molar-refractivity contribution in [2.45, 2.75) is 26.5 Å². The van der Waals surface area contributed by atoms with Crippen LogP contribution in [0.2, 0.25) is 5.02 Å². The summed E-state index contributed by atoms with van der Waals surface area (Å²) >= 11 is 6.49. The van der Waals surface area contributed by atoms with Crippen molar-refractivity contribution in [1.82, 2.24) is 5.32 Å². The molecule has 1 N–H and O–H groups in total. The minimum absolute atomic E-state index is 0.277. The average molecular weight is 444 g/mol. The first-order chi connectivity index (χ1) is 15.1. The molecule has 31 heavy (non-hydrogen) atoms. The van der Waals surface area contributed by atoms with Crippen LogP contribution in [0.4, 0.5) is 4.39 Å². The van der Waals surface area contributed by atoms with Crippen molar-refractivity contribution in [2.75, 3.05) is 20.3 Å². The molecule has 0 aromatic heterocycles. The van der Waals surface area contributed by atoms with Crippen LogP contribution in [0.5, 0.6) is 17.2 Å². The summed E-state index contributed by atoms with van der Waals surface area (Å²) in [7, 11) is 1.66. The fourth-order valence-electron chi connectivity index (χ4n) is 3.12. The zero-order valence-electron chi connectivity index (χ0n) is 17.8. The first-order valence-corrected chi connectivity index (χ1v) is 10.6. The molecule has 0 saturated carbocycles. The van der Waals surface area contributed by atoms with E-state index in [2.05, 4.69) is 17.4 Å². The van der Waals surface area contributed by atoms with Crippen LogP contribution >= 0.6 is 11.6 Å². The molecule has 3 rings (SSSR count). The Morgan fingerprint density at radius 2 is 1.61 bits per heavy atom. The zero-order chi connectivity index (χ0) is 22.1. The molecule has 0 spiro atoms. The van der Waals surface area contributed by atoms with Gasteiger partial charge in [0.05, 0.1) is 18.7 Å². The number of ether oxygens (including phenoxy) is 3. The Labute approximate surface area is 187 Å². The van der Waals surface area contributed by atoms with Gasteiger partial charge in [-0.1, -0.05) is 35.9 Å². The van der Waals surface area contributed by atoms with E-state index in [4.69, 9.17) is 25.8 Å². The van der Waals surface area contributed by atoms with Crippen LogP contribution in [-0.4, -0.2) is 20.3 Å². The van der Waals surface area contributed by atoms with Gasteiger partial charge in [-0.25, -0.2) is 4.39 Å². The summed E-state index contributed by atoms with van der Waals surface area (Å²) in [5.41, 5.74) is 3.10. The molecule has 164 valence electrons. The van der Waals surface area contributed by atoms with Gasteiger partial charge in [0.25, 0.3) is 0 Å². The highest BCUT2D eigenvalue weighted by atomic mass is 35.5. The van der Waals surface area contributed by atoms with E-state index in [1.807, 2.05) is 31.2 Å². The number of hydrogen-bond donors (Lipinski definition) is 1. The maximum Gasteiger partial charge on any atom is 0.180 e. The van der Waals surface area contributed by atoms with E-state index in [1.54, 1.807) is 19.2 Å². The number of benzene rings is 3. The molecule has 0 aliphatic heterocycles. The summed E-state index contributed by atoms with van der Waals surface area (Å²) in [4.78, 5) is 0. The van der Waals surface area contributed by atoms with Crippen molar-refractivity contribution in [3.63, 3.8) is 0 Å². The summed E-state index contributed by atoms with van der Waals surface area (Å²) in [6, 6.07) is 18.1. The van der Waals surface area contributed by atoms with Gasteiger partial charge in [-0.3, -0.25) is 0 Å². The van der Waals surface area contributed by atoms with Gasteiger partial charge in [0.15, 0.2) is 11.5 Å². The number of halogens is 2. The predicted octanol–water partition coefficient (Wildman–Crippen LogP) is 5.80. The highest BCUT2D eigenvalue weighted by Gasteiger charge is 2.13. The van der Waals surface area contributed by atoms with E-state index in [1.165, 1.54) is 17.7 Å². The van der Waals surface area contributed by atoms with Gasteiger partial charge < -0.3 is 19.5 Å². The first kappa shape index (κ1) is 22.9. The molecule has 4 nitrogen and oxygen atoms in total. The van der Waals surface area contributed by atoms with Crippen LogP contribution in [0.3, 0.4) is 0 Å². The molecule has 3 aromatic carbocycles. The van der Waals surface area contributed by atoms with Crippen molar-refractivity contribution < 1.29 is 18.6 Å². The number of hydrogen-bond acceptors (Lipinski definition) is 4. The lowest BCUT2D eigenvalue weighted by molar-refractivity contribution is 0.269. The van der Waals surface area contributed by atoms with Crippen molar-refractivity contribution >= 4 is 11.6 Å². The Morgan fingerprint density at radius 3 is 2.29 bits per heavy atom. The molecule has 0 aliphatic carbocycles. The van der Waals surface area contributed by atoms with Crippen LogP contribution in [0.1, 0.15) is 23.6 Å². The molecule has 0 atom stereocenters. The number of rotatable bonds is 11. The standard InChI is InChI=1S/C25H27ClFNO3/c1-3-30-24-15-20(16-28-13-12-18-6-10-22(29-2)11-7-18)14-23(26)25(24)31-17-19-4-8-21(27)9-5-19/h4-11,14-15,28H,3,12-13,16-17H2,1-2H3. The van der Waals surface area contributed by atoms with E-state index >= 15 is 0 Å². The fraction of sp³-hybridized carbons (Fsp3) is 0.280. The lowest BCUT2D eigenvalue weighted by Crippen LogP contribution is -2.17. The molecule has 0 aliphatic rings. The quantitative estimate of drug-likeness (QED) is 0.380. The normalized spacial score (nSPS) is 10.7. The van der Waals surface area contributed by atoms with E-state index < -0.39 is 0 Å². The van der Waals surface area contributed by atoms with Crippen molar-refractivity contribution in [3.05, 3.63) is 88.2 Å². The summed E-state index contributed by atoms with van der Waals surface area (Å²) in [5.74, 6) is 1.68. The zero-order valence-corrected chi connectivity index (χ0v) is 18.5. The number of nitrogens with one attached hydrogen (secondary N) is 1. The summed E-state index contributed by atoms with van der Waals surface area (Å²) in [6.07, 6.45) is 0.912. The molecule has 0 heterocycles. The molecule has 0 radical (unpaired) electrons. The van der Waals surface area contributed by atoms with Crippen LogP contribution in [0, 0.1) is 5.82 Å². The molecule has 0 amide bonds. The third kappa shape index (κ3) is 6.88. The van der Waals surface area contributed by atoms with E-state index in [-0.39, 0.29) is 12.4 Å². The maximum atomic E-state index is 13.1. The second kappa shape index (κ2) is 11.6. The predicted molar refractivity (Wildman–Crippen MR) is 122 cm³/mol. The Kier molecular flexibility index (Phi) is 8.56. The average Bonchev–Trinajstić information content (AvgIpc) is 2.78. The summed E-state index contributed by atoms with van der Waals surface area (Å²) in [6.45, 7) is 4.18. The Hall–Kier alpha value is -2.76. The summed E-state index contributed by atoms with van der Waals surface area (Å²) in [5, 5.41) is 3.92. The van der Waals surface area contributed by atoms with Crippen LogP contribution in [0.15, 0.2) is 60.7 Å². The minimum atomic E-state index is -0.277. The smallest absolute Gasteiger partial charge is 0.180 e. The highest BCUT2D eigenvalue weighted by Crippen LogP contribution is 2.37. The monoisotopic (exact) mass is 443 g/mol. The van der Waals surface area contributed by atoms with E-state index in [0.29, 0.717) is 29.7 Å². The largest absolute Gasteiger partial charge is 0.497 e. The molecule has 0 saturated heterocycles. The van der Waals surface area contributed by atoms with Gasteiger partial charge in [-0.15, -0.1) is 0 Å². The van der Waals surface area contributed by atoms with E-state index in [0.717, 1.165) is 29.8 Å². The maximum absolute atomic E-state index is 13.1. The van der Waals surface area contributed by atoms with Gasteiger partial charge in [0, 0.05) is 6.54 Å². The molecule has 0 unspecified atom stereocenters. The Balaban J connectivity index is 1.58. The van der Waals surface area contributed by atoms with Crippen LogP contribution < -0.4 is 19.5 Å². The van der Waals surface area contributed by atoms with Gasteiger partial charge in [0.1, 0.15) is 18.2 Å². The second-order valence-corrected chi connectivity index (χ2v) is 7.44. The van der Waals surface area contributed by atoms with E-state index in [9.17, 15) is 4.39 Å². The lowest BCUT2D eigenvalue weighted by Gasteiger charge is -2.16. The third-order valence-electron chi connectivity index (χ3n) is 4.74. The molecular formula is C25H27ClFNO3. The van der Waals surface area contributed by atoms with Crippen molar-refractivity contribution in [1.29, 1.82) is 0 Å². The molecule has 0 bridgehead atoms. The third-order valence-corrected chi connectivity index (χ3v) is 5.02. The Bertz CT molecular complexity index is 962. The molecule has 6 heteroatoms. The van der Waals surface area contributed by atoms with Crippen molar-refractivity contribution in [2.24, 2.45) is 0 Å². The van der Waals surface area contributed by atoms with Gasteiger partial charge in [0.2, 0.25) is 0 Å². The Morgan fingerprint density at radius 1 is 0.903 bits per heavy atom. The first-order valence-electron chi connectivity index (χ1n) is 10.2. The van der Waals surface area contributed by atoms with Gasteiger partial charge >= 0.3 is 0 Å².